The Kier molecular flexibility index (Phi) is 17.7. The van der Waals surface area contributed by atoms with E-state index in [0.717, 1.165) is 55.6 Å². The second kappa shape index (κ2) is 26.5. The summed E-state index contributed by atoms with van der Waals surface area (Å²) < 4.78 is 2.51. The summed E-state index contributed by atoms with van der Waals surface area (Å²) in [6.45, 7) is 13.5. The third-order valence-electron chi connectivity index (χ3n) is 17.8. The predicted molar refractivity (Wildman–Crippen MR) is 372 cm³/mol. The Bertz CT molecular complexity index is 4220. The third-order valence-corrected chi connectivity index (χ3v) is 17.8. The van der Waals surface area contributed by atoms with Gasteiger partial charge >= 0.3 is 0 Å². The number of rotatable bonds is 22. The molecule has 0 saturated carbocycles. The highest BCUT2D eigenvalue weighted by atomic mass is 15.1. The third kappa shape index (κ3) is 12.5. The normalized spacial score (nSPS) is 11.5. The number of fused-ring (bicyclic) bond motifs is 3. The number of hydrogen-bond acceptors (Lipinski definition) is 1. The number of aryl methyl sites for hydroxylation is 6. The van der Waals surface area contributed by atoms with Crippen LogP contribution in [0.5, 0.6) is 0 Å². The number of aromatic nitrogens is 1. The average molecular weight is 1120 g/mol. The van der Waals surface area contributed by atoms with Crippen LogP contribution in [0.3, 0.4) is 0 Å². The summed E-state index contributed by atoms with van der Waals surface area (Å²) in [6, 6.07) is 92.0. The van der Waals surface area contributed by atoms with Crippen molar-refractivity contribution in [1.29, 1.82) is 0 Å². The highest BCUT2D eigenvalue weighted by molar-refractivity contribution is 6.11. The lowest BCUT2D eigenvalue weighted by Gasteiger charge is -2.27. The number of hydrogen-bond donors (Lipinski definition) is 0. The molecule has 2 heteroatoms. The molecule has 1 aromatic heterocycles. The van der Waals surface area contributed by atoms with Crippen LogP contribution in [0.1, 0.15) is 112 Å². The van der Waals surface area contributed by atoms with E-state index in [2.05, 4.69) is 294 Å². The van der Waals surface area contributed by atoms with Gasteiger partial charge in [-0.25, -0.2) is 0 Å². The molecule has 0 aliphatic carbocycles. The molecule has 0 aliphatic rings. The Hall–Kier alpha value is -8.98. The molecule has 0 radical (unpaired) electrons. The fraction of sp³-hybridized carbons (Fsp3) is 0.214. The summed E-state index contributed by atoms with van der Waals surface area (Å²) in [6.07, 6.45) is 14.0. The van der Waals surface area contributed by atoms with Gasteiger partial charge < -0.3 is 9.47 Å². The smallest absolute Gasteiger partial charge is 0.0547 e. The molecule has 12 rings (SSSR count). The maximum Gasteiger partial charge on any atom is 0.0547 e. The first kappa shape index (κ1) is 57.5. The van der Waals surface area contributed by atoms with Crippen molar-refractivity contribution in [1.82, 2.24) is 4.57 Å². The molecule has 0 N–H and O–H groups in total. The van der Waals surface area contributed by atoms with E-state index >= 15 is 0 Å². The van der Waals surface area contributed by atoms with E-state index in [1.807, 2.05) is 0 Å². The maximum atomic E-state index is 2.61. The van der Waals surface area contributed by atoms with E-state index in [9.17, 15) is 0 Å². The molecule has 12 aromatic rings. The minimum absolute atomic E-state index is 1.03. The van der Waals surface area contributed by atoms with Crippen molar-refractivity contribution in [2.45, 2.75) is 119 Å². The number of benzene rings is 11. The number of anilines is 3. The minimum atomic E-state index is 1.03. The van der Waals surface area contributed by atoms with Crippen molar-refractivity contribution in [3.05, 3.63) is 276 Å². The van der Waals surface area contributed by atoms with Gasteiger partial charge in [-0.3, -0.25) is 0 Å². The molecule has 1 heterocycles. The van der Waals surface area contributed by atoms with Gasteiger partial charge in [0.25, 0.3) is 0 Å². The van der Waals surface area contributed by atoms with Gasteiger partial charge in [-0.2, -0.15) is 0 Å². The SMILES string of the molecule is CCCCCCc1cc(-c2ccc(N(c3ccc(-c4ccc(C)cc4)cc3)c3ccc(-c4ccc(CCC)cc4)cc3)cc2C)c(CCCCCC)cc1-c1ccc2c3cc(-c4ccccc4)ccc3n(-c3ccc(-c4ccc(C)cc4)cc3)c2c1. The molecule has 0 aliphatic heterocycles. The van der Waals surface area contributed by atoms with E-state index in [4.69, 9.17) is 0 Å². The summed E-state index contributed by atoms with van der Waals surface area (Å²) in [4.78, 5) is 2.44. The topological polar surface area (TPSA) is 8.17 Å². The van der Waals surface area contributed by atoms with E-state index in [1.165, 1.54) is 166 Å². The van der Waals surface area contributed by atoms with Gasteiger partial charge in [-0.1, -0.05) is 253 Å². The summed E-state index contributed by atoms with van der Waals surface area (Å²) in [5.41, 5.74) is 30.3. The molecule has 0 atom stereocenters. The van der Waals surface area contributed by atoms with Crippen molar-refractivity contribution in [2.24, 2.45) is 0 Å². The van der Waals surface area contributed by atoms with Gasteiger partial charge in [0.15, 0.2) is 0 Å². The average Bonchev–Trinajstić information content (AvgIpc) is 2.88. The zero-order chi connectivity index (χ0) is 58.9. The lowest BCUT2D eigenvalue weighted by atomic mass is 9.85. The van der Waals surface area contributed by atoms with Crippen LogP contribution in [0, 0.1) is 20.8 Å². The molecule has 0 unspecified atom stereocenters. The quantitative estimate of drug-likeness (QED) is 0.0614. The van der Waals surface area contributed by atoms with Gasteiger partial charge in [0, 0.05) is 33.5 Å². The van der Waals surface area contributed by atoms with Gasteiger partial charge in [0.1, 0.15) is 0 Å². The number of unbranched alkanes of at least 4 members (excludes halogenated alkanes) is 6. The molecule has 2 nitrogen and oxygen atoms in total. The van der Waals surface area contributed by atoms with Crippen molar-refractivity contribution in [2.75, 3.05) is 4.90 Å². The predicted octanol–water partition coefficient (Wildman–Crippen LogP) is 24.4. The van der Waals surface area contributed by atoms with Crippen molar-refractivity contribution in [3.8, 4) is 72.4 Å². The second-order valence-corrected chi connectivity index (χ2v) is 24.1. The summed E-state index contributed by atoms with van der Waals surface area (Å²) in [5.74, 6) is 0. The first-order valence-corrected chi connectivity index (χ1v) is 32.0. The van der Waals surface area contributed by atoms with Crippen LogP contribution >= 0.6 is 0 Å². The van der Waals surface area contributed by atoms with Gasteiger partial charge in [0.05, 0.1) is 11.0 Å². The molecule has 0 spiro atoms. The van der Waals surface area contributed by atoms with Crippen LogP contribution in [0.4, 0.5) is 17.1 Å². The molecular formula is C84H82N2. The van der Waals surface area contributed by atoms with Crippen LogP contribution in [0.25, 0.3) is 94.3 Å². The zero-order valence-corrected chi connectivity index (χ0v) is 51.5. The molecular weight excluding hydrogens is 1040 g/mol. The first-order valence-electron chi connectivity index (χ1n) is 32.0. The molecule has 0 saturated heterocycles. The van der Waals surface area contributed by atoms with Crippen LogP contribution in [-0.4, -0.2) is 4.57 Å². The Labute approximate surface area is 512 Å². The van der Waals surface area contributed by atoms with Gasteiger partial charge in [-0.15, -0.1) is 0 Å². The minimum Gasteiger partial charge on any atom is -0.310 e. The monoisotopic (exact) mass is 1120 g/mol. The summed E-state index contributed by atoms with van der Waals surface area (Å²) >= 11 is 0. The first-order chi connectivity index (χ1) is 42.2. The Morgan fingerprint density at radius 1 is 0.302 bits per heavy atom. The molecule has 428 valence electrons. The van der Waals surface area contributed by atoms with Crippen LogP contribution in [0.15, 0.2) is 243 Å². The molecule has 86 heavy (non-hydrogen) atoms. The summed E-state index contributed by atoms with van der Waals surface area (Å²) in [5, 5.41) is 2.54. The van der Waals surface area contributed by atoms with E-state index in [-0.39, 0.29) is 0 Å². The largest absolute Gasteiger partial charge is 0.310 e. The van der Waals surface area contributed by atoms with Crippen LogP contribution in [0.2, 0.25) is 0 Å². The standard InChI is InChI=1S/C84H82N2/c1-7-10-12-15-22-71-57-81(78-52-50-77(54-61(78)6)85(74-44-36-67(37-45-74)64-30-24-59(4)25-31-64)75-46-38-69(39-47-75)66-34-28-62(19-9-3)29-35-66)72(23-16-13-11-8-2)56-80(71)73-42-51-79-82-55-70(63-20-17-14-18-21-63)43-53-83(82)86(84(79)58-73)76-48-40-68(41-49-76)65-32-26-60(5)27-33-65/h14,17-18,20-21,24-58H,7-13,15-16,19,22-23H2,1-6H3. The lowest BCUT2D eigenvalue weighted by Crippen LogP contribution is -2.10. The van der Waals surface area contributed by atoms with E-state index in [1.54, 1.807) is 0 Å². The van der Waals surface area contributed by atoms with E-state index in [0.29, 0.717) is 0 Å². The summed E-state index contributed by atoms with van der Waals surface area (Å²) in [7, 11) is 0. The maximum absolute atomic E-state index is 2.61. The van der Waals surface area contributed by atoms with Crippen molar-refractivity contribution in [3.63, 3.8) is 0 Å². The van der Waals surface area contributed by atoms with Gasteiger partial charge in [-0.05, 0) is 209 Å². The molecule has 0 fully saturated rings. The molecule has 0 amide bonds. The second-order valence-electron chi connectivity index (χ2n) is 24.1. The Balaban J connectivity index is 0.971. The van der Waals surface area contributed by atoms with Crippen molar-refractivity contribution >= 4 is 38.9 Å². The molecule has 0 bridgehead atoms. The highest BCUT2D eigenvalue weighted by Gasteiger charge is 2.21. The Morgan fingerprint density at radius 3 is 1.33 bits per heavy atom. The van der Waals surface area contributed by atoms with Crippen molar-refractivity contribution < 1.29 is 0 Å². The fourth-order valence-corrected chi connectivity index (χ4v) is 13.0. The number of nitrogens with zero attached hydrogens (tertiary/aromatic N) is 2. The zero-order valence-electron chi connectivity index (χ0n) is 51.5. The van der Waals surface area contributed by atoms with Gasteiger partial charge in [0.2, 0.25) is 0 Å². The fourth-order valence-electron chi connectivity index (χ4n) is 13.0. The molecule has 11 aromatic carbocycles. The van der Waals surface area contributed by atoms with Crippen LogP contribution < -0.4 is 4.90 Å². The van der Waals surface area contributed by atoms with E-state index < -0.39 is 0 Å². The van der Waals surface area contributed by atoms with Crippen LogP contribution in [-0.2, 0) is 19.3 Å². The highest BCUT2D eigenvalue weighted by Crippen LogP contribution is 2.43. The Morgan fingerprint density at radius 2 is 0.779 bits per heavy atom. The lowest BCUT2D eigenvalue weighted by molar-refractivity contribution is 0.664.